The first-order valence-corrected chi connectivity index (χ1v) is 4.80. The van der Waals surface area contributed by atoms with E-state index in [1.807, 2.05) is 0 Å². The van der Waals surface area contributed by atoms with Gasteiger partial charge in [0.25, 0.3) is 0 Å². The second-order valence-electron chi connectivity index (χ2n) is 3.46. The fourth-order valence-corrected chi connectivity index (χ4v) is 1.48. The Kier molecular flexibility index (Phi) is 2.74. The molecule has 0 saturated heterocycles. The number of hydrogen-bond donors (Lipinski definition) is 2. The Labute approximate surface area is 95.4 Å². The van der Waals surface area contributed by atoms with E-state index in [0.717, 1.165) is 12.1 Å². The van der Waals surface area contributed by atoms with E-state index in [4.69, 9.17) is 5.11 Å². The number of aromatic amines is 1. The van der Waals surface area contributed by atoms with Gasteiger partial charge in [-0.05, 0) is 24.3 Å². The zero-order valence-corrected chi connectivity index (χ0v) is 8.61. The average Bonchev–Trinajstić information content (AvgIpc) is 2.28. The number of aromatic nitrogens is 1. The van der Waals surface area contributed by atoms with Gasteiger partial charge in [-0.2, -0.15) is 0 Å². The number of benzene rings is 1. The maximum atomic E-state index is 13.2. The van der Waals surface area contributed by atoms with Gasteiger partial charge >= 0.3 is 5.97 Å². The predicted octanol–water partition coefficient (Wildman–Crippen LogP) is 1.88. The van der Waals surface area contributed by atoms with Crippen molar-refractivity contribution in [2.75, 3.05) is 0 Å². The Morgan fingerprint density at radius 1 is 1.24 bits per heavy atom. The summed E-state index contributed by atoms with van der Waals surface area (Å²) in [4.78, 5) is 24.4. The largest absolute Gasteiger partial charge is 0.478 e. The number of nitrogens with one attached hydrogen (secondary N) is 1. The highest BCUT2D eigenvalue weighted by molar-refractivity contribution is 5.89. The van der Waals surface area contributed by atoms with Crippen molar-refractivity contribution in [3.05, 3.63) is 58.1 Å². The lowest BCUT2D eigenvalue weighted by Crippen LogP contribution is -2.04. The van der Waals surface area contributed by atoms with Crippen molar-refractivity contribution in [2.24, 2.45) is 0 Å². The second kappa shape index (κ2) is 4.21. The molecular formula is C12H8FNO3. The lowest BCUT2D eigenvalue weighted by molar-refractivity contribution is 0.0696. The van der Waals surface area contributed by atoms with E-state index in [-0.39, 0.29) is 11.1 Å². The summed E-state index contributed by atoms with van der Waals surface area (Å²) >= 11 is 0. The quantitative estimate of drug-likeness (QED) is 0.831. The summed E-state index contributed by atoms with van der Waals surface area (Å²) < 4.78 is 13.2. The van der Waals surface area contributed by atoms with Gasteiger partial charge in [-0.15, -0.1) is 0 Å². The summed E-state index contributed by atoms with van der Waals surface area (Å²) in [6, 6.07) is 7.80. The Balaban J connectivity index is 2.59. The molecule has 1 heterocycles. The Morgan fingerprint density at radius 3 is 2.65 bits per heavy atom. The number of carboxylic acid groups (broad SMARTS) is 1. The maximum absolute atomic E-state index is 13.2. The molecule has 0 amide bonds. The molecule has 0 saturated carbocycles. The molecule has 4 nitrogen and oxygen atoms in total. The molecule has 0 atom stereocenters. The van der Waals surface area contributed by atoms with E-state index in [0.29, 0.717) is 11.3 Å². The third-order valence-electron chi connectivity index (χ3n) is 2.22. The van der Waals surface area contributed by atoms with Crippen molar-refractivity contribution in [1.82, 2.24) is 4.98 Å². The highest BCUT2D eigenvalue weighted by Crippen LogP contribution is 2.19. The van der Waals surface area contributed by atoms with Crippen LogP contribution in [0.15, 0.2) is 41.2 Å². The number of pyridine rings is 1. The van der Waals surface area contributed by atoms with Crippen molar-refractivity contribution in [3.8, 4) is 11.3 Å². The molecule has 17 heavy (non-hydrogen) atoms. The van der Waals surface area contributed by atoms with Gasteiger partial charge in [0.2, 0.25) is 5.56 Å². The van der Waals surface area contributed by atoms with Crippen molar-refractivity contribution in [1.29, 1.82) is 0 Å². The minimum absolute atomic E-state index is 0.162. The summed E-state index contributed by atoms with van der Waals surface area (Å²) in [5.41, 5.74) is 0.202. The predicted molar refractivity (Wildman–Crippen MR) is 59.4 cm³/mol. The van der Waals surface area contributed by atoms with Gasteiger partial charge < -0.3 is 10.1 Å². The minimum Gasteiger partial charge on any atom is -0.478 e. The van der Waals surface area contributed by atoms with Gasteiger partial charge in [0.05, 0.1) is 5.56 Å². The van der Waals surface area contributed by atoms with Gasteiger partial charge in [0.1, 0.15) is 5.82 Å². The van der Waals surface area contributed by atoms with E-state index in [1.165, 1.54) is 18.2 Å². The smallest absolute Gasteiger partial charge is 0.335 e. The van der Waals surface area contributed by atoms with Crippen molar-refractivity contribution in [3.63, 3.8) is 0 Å². The molecule has 0 fully saturated rings. The van der Waals surface area contributed by atoms with Gasteiger partial charge in [0.15, 0.2) is 0 Å². The van der Waals surface area contributed by atoms with Crippen LogP contribution in [0.5, 0.6) is 0 Å². The molecule has 0 aliphatic rings. The number of rotatable bonds is 2. The number of carbonyl (C=O) groups is 1. The molecule has 86 valence electrons. The summed E-state index contributed by atoms with van der Waals surface area (Å²) in [6.45, 7) is 0. The Hall–Kier alpha value is -2.43. The topological polar surface area (TPSA) is 70.2 Å². The summed E-state index contributed by atoms with van der Waals surface area (Å²) in [5, 5.41) is 8.80. The van der Waals surface area contributed by atoms with Crippen LogP contribution in [0.25, 0.3) is 11.3 Å². The number of H-pyrrole nitrogens is 1. The monoisotopic (exact) mass is 233 g/mol. The van der Waals surface area contributed by atoms with Crippen LogP contribution in [0.1, 0.15) is 10.4 Å². The molecule has 0 aliphatic heterocycles. The zero-order chi connectivity index (χ0) is 12.4. The first kappa shape index (κ1) is 11.1. The van der Waals surface area contributed by atoms with E-state index >= 15 is 0 Å². The number of aromatic carboxylic acids is 1. The summed E-state index contributed by atoms with van der Waals surface area (Å²) in [7, 11) is 0. The molecular weight excluding hydrogens is 225 g/mol. The standard InChI is InChI=1S/C12H8FNO3/c13-9-5-7(4-8(6-9)12(16)17)10-2-1-3-11(15)14-10/h1-6H,(H,14,15)(H,16,17). The molecule has 0 spiro atoms. The Morgan fingerprint density at radius 2 is 2.00 bits per heavy atom. The number of halogens is 1. The molecule has 2 rings (SSSR count). The number of carboxylic acids is 1. The molecule has 0 radical (unpaired) electrons. The van der Waals surface area contributed by atoms with Gasteiger partial charge in [-0.1, -0.05) is 6.07 Å². The SMILES string of the molecule is O=C(O)c1cc(F)cc(-c2cccc(=O)[nH]2)c1. The molecule has 0 aliphatic carbocycles. The van der Waals surface area contributed by atoms with Gasteiger partial charge in [-0.3, -0.25) is 4.79 Å². The highest BCUT2D eigenvalue weighted by atomic mass is 19.1. The normalized spacial score (nSPS) is 10.2. The van der Waals surface area contributed by atoms with Crippen LogP contribution in [0, 0.1) is 5.82 Å². The second-order valence-corrected chi connectivity index (χ2v) is 3.46. The van der Waals surface area contributed by atoms with E-state index in [2.05, 4.69) is 4.98 Å². The number of hydrogen-bond acceptors (Lipinski definition) is 2. The summed E-state index contributed by atoms with van der Waals surface area (Å²) in [5.74, 6) is -1.88. The van der Waals surface area contributed by atoms with E-state index < -0.39 is 11.8 Å². The van der Waals surface area contributed by atoms with Crippen molar-refractivity contribution < 1.29 is 14.3 Å². The van der Waals surface area contributed by atoms with Crippen LogP contribution in [0.3, 0.4) is 0 Å². The first-order chi connectivity index (χ1) is 8.06. The molecule has 5 heteroatoms. The van der Waals surface area contributed by atoms with E-state index in [9.17, 15) is 14.0 Å². The van der Waals surface area contributed by atoms with Gasteiger partial charge in [-0.25, -0.2) is 9.18 Å². The fourth-order valence-electron chi connectivity index (χ4n) is 1.48. The first-order valence-electron chi connectivity index (χ1n) is 4.80. The zero-order valence-electron chi connectivity index (χ0n) is 8.61. The van der Waals surface area contributed by atoms with Crippen LogP contribution in [0.2, 0.25) is 0 Å². The summed E-state index contributed by atoms with van der Waals surface area (Å²) in [6.07, 6.45) is 0. The molecule has 1 aromatic carbocycles. The third kappa shape index (κ3) is 2.39. The average molecular weight is 233 g/mol. The van der Waals surface area contributed by atoms with Crippen LogP contribution in [0.4, 0.5) is 4.39 Å². The van der Waals surface area contributed by atoms with Gasteiger partial charge in [0, 0.05) is 17.3 Å². The van der Waals surface area contributed by atoms with E-state index in [1.54, 1.807) is 6.07 Å². The molecule has 2 N–H and O–H groups in total. The maximum Gasteiger partial charge on any atom is 0.335 e. The molecule has 1 aromatic heterocycles. The molecule has 2 aromatic rings. The Bertz CT molecular complexity index is 634. The lowest BCUT2D eigenvalue weighted by atomic mass is 10.1. The third-order valence-corrected chi connectivity index (χ3v) is 2.22. The van der Waals surface area contributed by atoms with Crippen LogP contribution in [-0.4, -0.2) is 16.1 Å². The van der Waals surface area contributed by atoms with Crippen molar-refractivity contribution >= 4 is 5.97 Å². The molecule has 0 unspecified atom stereocenters. The van der Waals surface area contributed by atoms with Crippen molar-refractivity contribution in [2.45, 2.75) is 0 Å². The van der Waals surface area contributed by atoms with Crippen LogP contribution in [-0.2, 0) is 0 Å². The highest BCUT2D eigenvalue weighted by Gasteiger charge is 2.08. The minimum atomic E-state index is -1.22. The van der Waals surface area contributed by atoms with Crippen LogP contribution >= 0.6 is 0 Å². The lowest BCUT2D eigenvalue weighted by Gasteiger charge is -2.03. The molecule has 0 bridgehead atoms. The fraction of sp³-hybridized carbons (Fsp3) is 0. The van der Waals surface area contributed by atoms with Crippen LogP contribution < -0.4 is 5.56 Å².